The number of aromatic nitrogens is 4. The predicted molar refractivity (Wildman–Crippen MR) is 123 cm³/mol. The lowest BCUT2D eigenvalue weighted by molar-refractivity contribution is 0.635. The Balaban J connectivity index is 1.38. The molecule has 0 bridgehead atoms. The number of piperazine rings is 1. The molecule has 0 amide bonds. The average molecular weight is 417 g/mol. The van der Waals surface area contributed by atoms with E-state index >= 15 is 0 Å². The third-order valence-corrected chi connectivity index (χ3v) is 6.41. The number of hydrogen-bond donors (Lipinski definition) is 0. The first kappa shape index (κ1) is 18.9. The average Bonchev–Trinajstić information content (AvgIpc) is 3.25. The van der Waals surface area contributed by atoms with Crippen LogP contribution in [0.5, 0.6) is 0 Å². The topological polar surface area (TPSA) is 58.0 Å². The maximum Gasteiger partial charge on any atom is 0.225 e. The Hall–Kier alpha value is -3.06. The summed E-state index contributed by atoms with van der Waals surface area (Å²) in [7, 11) is 0. The van der Waals surface area contributed by atoms with Crippen molar-refractivity contribution in [1.82, 2.24) is 19.9 Å². The zero-order valence-electron chi connectivity index (χ0n) is 17.0. The van der Waals surface area contributed by atoms with Crippen molar-refractivity contribution < 1.29 is 0 Å². The van der Waals surface area contributed by atoms with E-state index in [9.17, 15) is 0 Å². The summed E-state index contributed by atoms with van der Waals surface area (Å²) in [5.74, 6) is 1.85. The van der Waals surface area contributed by atoms with Gasteiger partial charge in [-0.25, -0.2) is 19.9 Å². The number of rotatable bonds is 5. The van der Waals surface area contributed by atoms with Crippen LogP contribution in [0.3, 0.4) is 0 Å². The summed E-state index contributed by atoms with van der Waals surface area (Å²) >= 11 is 1.68. The number of hydrogen-bond acceptors (Lipinski definition) is 7. The molecule has 7 heteroatoms. The summed E-state index contributed by atoms with van der Waals surface area (Å²) in [6.45, 7) is 5.70. The minimum atomic E-state index is 0.822. The van der Waals surface area contributed by atoms with Crippen molar-refractivity contribution in [3.8, 4) is 11.1 Å². The summed E-state index contributed by atoms with van der Waals surface area (Å²) in [6, 6.07) is 10.5. The van der Waals surface area contributed by atoms with Crippen LogP contribution in [0.2, 0.25) is 0 Å². The van der Waals surface area contributed by atoms with Crippen LogP contribution in [0.4, 0.5) is 11.8 Å². The Morgan fingerprint density at radius 3 is 2.37 bits per heavy atom. The van der Waals surface area contributed by atoms with E-state index in [2.05, 4.69) is 61.3 Å². The number of fused-ring (bicyclic) bond motifs is 1. The molecule has 1 fully saturated rings. The Morgan fingerprint density at radius 1 is 0.900 bits per heavy atom. The number of aryl methyl sites for hydroxylation is 1. The van der Waals surface area contributed by atoms with E-state index in [0.29, 0.717) is 0 Å². The van der Waals surface area contributed by atoms with Crippen molar-refractivity contribution in [2.45, 2.75) is 19.8 Å². The molecule has 3 aromatic heterocycles. The lowest BCUT2D eigenvalue weighted by atomic mass is 10.1. The number of benzene rings is 1. The molecule has 1 aromatic carbocycles. The molecular weight excluding hydrogens is 392 g/mol. The first-order valence-corrected chi connectivity index (χ1v) is 11.3. The van der Waals surface area contributed by atoms with Gasteiger partial charge < -0.3 is 9.80 Å². The van der Waals surface area contributed by atoms with Crippen LogP contribution in [-0.2, 0) is 6.42 Å². The molecule has 4 aromatic rings. The molecule has 0 saturated carbocycles. The van der Waals surface area contributed by atoms with Crippen molar-refractivity contribution in [3.05, 3.63) is 60.0 Å². The van der Waals surface area contributed by atoms with Gasteiger partial charge in [0.05, 0.1) is 5.39 Å². The van der Waals surface area contributed by atoms with Crippen LogP contribution < -0.4 is 9.80 Å². The van der Waals surface area contributed by atoms with Crippen molar-refractivity contribution in [1.29, 1.82) is 0 Å². The summed E-state index contributed by atoms with van der Waals surface area (Å²) in [6.07, 6.45) is 7.75. The van der Waals surface area contributed by atoms with Gasteiger partial charge >= 0.3 is 0 Å². The molecule has 4 heterocycles. The van der Waals surface area contributed by atoms with E-state index in [0.717, 1.165) is 61.0 Å². The van der Waals surface area contributed by atoms with Crippen LogP contribution in [-0.4, -0.2) is 46.1 Å². The smallest absolute Gasteiger partial charge is 0.225 e. The monoisotopic (exact) mass is 416 g/mol. The van der Waals surface area contributed by atoms with E-state index in [-0.39, 0.29) is 0 Å². The molecule has 152 valence electrons. The van der Waals surface area contributed by atoms with Crippen LogP contribution >= 0.6 is 11.3 Å². The van der Waals surface area contributed by atoms with E-state index in [1.807, 2.05) is 18.5 Å². The quantitative estimate of drug-likeness (QED) is 0.480. The highest BCUT2D eigenvalue weighted by Gasteiger charge is 2.23. The van der Waals surface area contributed by atoms with Crippen LogP contribution in [0.1, 0.15) is 18.9 Å². The fourth-order valence-corrected chi connectivity index (χ4v) is 4.89. The van der Waals surface area contributed by atoms with Crippen molar-refractivity contribution >= 4 is 33.3 Å². The third-order valence-electron chi connectivity index (χ3n) is 5.53. The summed E-state index contributed by atoms with van der Waals surface area (Å²) in [5, 5.41) is 3.35. The zero-order chi connectivity index (χ0) is 20.3. The molecule has 0 atom stereocenters. The molecule has 1 saturated heterocycles. The molecule has 6 nitrogen and oxygen atoms in total. The lowest BCUT2D eigenvalue weighted by Gasteiger charge is -2.35. The van der Waals surface area contributed by atoms with Gasteiger partial charge in [-0.15, -0.1) is 11.3 Å². The lowest BCUT2D eigenvalue weighted by Crippen LogP contribution is -2.47. The van der Waals surface area contributed by atoms with Gasteiger partial charge in [0.25, 0.3) is 0 Å². The van der Waals surface area contributed by atoms with Crippen molar-refractivity contribution in [2.75, 3.05) is 36.0 Å². The predicted octanol–water partition coefficient (Wildman–Crippen LogP) is 4.43. The van der Waals surface area contributed by atoms with E-state index in [4.69, 9.17) is 4.98 Å². The Bertz CT molecular complexity index is 1120. The van der Waals surface area contributed by atoms with Gasteiger partial charge in [-0.2, -0.15) is 0 Å². The summed E-state index contributed by atoms with van der Waals surface area (Å²) in [4.78, 5) is 24.0. The molecule has 0 spiro atoms. The van der Waals surface area contributed by atoms with Gasteiger partial charge in [0, 0.05) is 49.5 Å². The van der Waals surface area contributed by atoms with Gasteiger partial charge in [-0.3, -0.25) is 0 Å². The third kappa shape index (κ3) is 3.61. The molecule has 0 N–H and O–H groups in total. The van der Waals surface area contributed by atoms with Crippen molar-refractivity contribution in [3.63, 3.8) is 0 Å². The highest BCUT2D eigenvalue weighted by Crippen LogP contribution is 2.38. The molecular formula is C23H24N6S. The zero-order valence-corrected chi connectivity index (χ0v) is 17.8. The highest BCUT2D eigenvalue weighted by molar-refractivity contribution is 7.17. The maximum atomic E-state index is 4.69. The second kappa shape index (κ2) is 8.36. The molecule has 5 rings (SSSR count). The Kier molecular flexibility index (Phi) is 5.27. The normalized spacial score (nSPS) is 14.4. The molecule has 30 heavy (non-hydrogen) atoms. The first-order valence-electron chi connectivity index (χ1n) is 10.4. The van der Waals surface area contributed by atoms with Gasteiger partial charge in [-0.05, 0) is 17.5 Å². The number of thiophene rings is 1. The van der Waals surface area contributed by atoms with Gasteiger partial charge in [0.1, 0.15) is 17.0 Å². The molecule has 1 aliphatic heterocycles. The van der Waals surface area contributed by atoms with Crippen LogP contribution in [0, 0.1) is 0 Å². The Morgan fingerprint density at radius 2 is 1.63 bits per heavy atom. The van der Waals surface area contributed by atoms with Gasteiger partial charge in [0.2, 0.25) is 5.95 Å². The SMILES string of the molecule is CCCc1cnc(N2CCN(c3ncnc4scc(-c5ccccc5)c34)CC2)nc1. The molecule has 0 aliphatic carbocycles. The standard InChI is InChI=1S/C23H24N6S/c1-2-6-17-13-24-23(25-14-17)29-11-9-28(10-12-29)21-20-19(18-7-4-3-5-8-18)15-30-22(20)27-16-26-21/h3-5,7-8,13-16H,2,6,9-12H2,1H3. The first-order chi connectivity index (χ1) is 14.8. The number of anilines is 2. The molecule has 0 radical (unpaired) electrons. The summed E-state index contributed by atoms with van der Waals surface area (Å²) < 4.78 is 0. The van der Waals surface area contributed by atoms with Crippen molar-refractivity contribution in [2.24, 2.45) is 0 Å². The van der Waals surface area contributed by atoms with E-state index in [1.54, 1.807) is 17.7 Å². The largest absolute Gasteiger partial charge is 0.352 e. The second-order valence-electron chi connectivity index (χ2n) is 7.51. The number of nitrogens with zero attached hydrogens (tertiary/aromatic N) is 6. The minimum absolute atomic E-state index is 0.822. The molecule has 0 unspecified atom stereocenters. The van der Waals surface area contributed by atoms with Crippen LogP contribution in [0.25, 0.3) is 21.3 Å². The van der Waals surface area contributed by atoms with E-state index in [1.165, 1.54) is 16.7 Å². The Labute approximate surface area is 180 Å². The maximum absolute atomic E-state index is 4.69. The highest BCUT2D eigenvalue weighted by atomic mass is 32.1. The van der Waals surface area contributed by atoms with Crippen LogP contribution in [0.15, 0.2) is 54.4 Å². The second-order valence-corrected chi connectivity index (χ2v) is 8.37. The minimum Gasteiger partial charge on any atom is -0.352 e. The van der Waals surface area contributed by atoms with Gasteiger partial charge in [0.15, 0.2) is 0 Å². The van der Waals surface area contributed by atoms with E-state index < -0.39 is 0 Å². The fraction of sp³-hybridized carbons (Fsp3) is 0.304. The summed E-state index contributed by atoms with van der Waals surface area (Å²) in [5.41, 5.74) is 3.62. The van der Waals surface area contributed by atoms with Gasteiger partial charge in [-0.1, -0.05) is 43.7 Å². The fourth-order valence-electron chi connectivity index (χ4n) is 3.98. The molecule has 1 aliphatic rings.